The van der Waals surface area contributed by atoms with Crippen LogP contribution in [0.25, 0.3) is 0 Å². The van der Waals surface area contributed by atoms with Gasteiger partial charge < -0.3 is 5.11 Å². The summed E-state index contributed by atoms with van der Waals surface area (Å²) in [5, 5.41) is 7.44. The standard InChI is InChI=1S/C5H10OS2/c1-4-2-7-8-3-5(4)6/h4-6H,2-3H2,1H3/p+1. The Hall–Kier alpha value is 0.660. The van der Waals surface area contributed by atoms with Crippen molar-refractivity contribution < 1.29 is 5.11 Å². The summed E-state index contributed by atoms with van der Waals surface area (Å²) in [6.45, 7) is 2.16. The second kappa shape index (κ2) is 2.99. The number of rotatable bonds is 0. The first-order valence-corrected chi connectivity index (χ1v) is 5.25. The summed E-state index contributed by atoms with van der Waals surface area (Å²) in [5.74, 6) is 2.80. The Morgan fingerprint density at radius 2 is 2.00 bits per heavy atom. The van der Waals surface area contributed by atoms with Crippen molar-refractivity contribution in [3.05, 3.63) is 0 Å². The van der Waals surface area contributed by atoms with Gasteiger partial charge in [0.05, 0.1) is 5.75 Å². The fraction of sp³-hybridized carbons (Fsp3) is 1.00. The average molecular weight is 151 g/mol. The molecule has 0 bridgehead atoms. The van der Waals surface area contributed by atoms with Crippen molar-refractivity contribution >= 4 is 21.6 Å². The Bertz CT molecular complexity index is 66.8. The summed E-state index contributed by atoms with van der Waals surface area (Å²) >= 11 is 0. The van der Waals surface area contributed by atoms with Crippen molar-refractivity contribution in [2.45, 2.75) is 13.0 Å². The van der Waals surface area contributed by atoms with E-state index in [-0.39, 0.29) is 6.10 Å². The minimum absolute atomic E-state index is 0.196. The average Bonchev–Trinajstić information content (AvgIpc) is 1.77. The van der Waals surface area contributed by atoms with Crippen molar-refractivity contribution in [2.75, 3.05) is 11.5 Å². The van der Waals surface area contributed by atoms with Gasteiger partial charge in [-0.1, -0.05) is 28.5 Å². The molecule has 8 heavy (non-hydrogen) atoms. The number of hydrogen-bond donors (Lipinski definition) is 0. The van der Waals surface area contributed by atoms with E-state index < -0.39 is 0 Å². The van der Waals surface area contributed by atoms with Gasteiger partial charge in [-0.25, -0.2) is 0 Å². The van der Waals surface area contributed by atoms with Crippen molar-refractivity contribution in [1.82, 2.24) is 0 Å². The highest BCUT2D eigenvalue weighted by Gasteiger charge is 2.22. The van der Waals surface area contributed by atoms with Crippen LogP contribution in [-0.2, 0) is 0 Å². The third-order valence-electron chi connectivity index (χ3n) is 1.35. The maximum atomic E-state index is 7.44. The normalized spacial score (nSPS) is 39.8. The third kappa shape index (κ3) is 1.57. The summed E-state index contributed by atoms with van der Waals surface area (Å²) in [6, 6.07) is 0. The van der Waals surface area contributed by atoms with E-state index in [1.165, 1.54) is 5.75 Å². The molecule has 0 aromatic carbocycles. The van der Waals surface area contributed by atoms with Gasteiger partial charge in [0.1, 0.15) is 0 Å². The molecule has 0 aliphatic carbocycles. The quantitative estimate of drug-likeness (QED) is 0.382. The zero-order chi connectivity index (χ0) is 5.98. The van der Waals surface area contributed by atoms with Gasteiger partial charge in [0.15, 0.2) is 6.10 Å². The van der Waals surface area contributed by atoms with Crippen LogP contribution in [0.3, 0.4) is 0 Å². The third-order valence-corrected chi connectivity index (χ3v) is 3.99. The van der Waals surface area contributed by atoms with Crippen LogP contribution in [0.4, 0.5) is 0 Å². The molecular formula is C5H11OS2+. The van der Waals surface area contributed by atoms with Crippen LogP contribution in [0, 0.1) is 5.92 Å². The molecule has 0 spiro atoms. The Kier molecular flexibility index (Phi) is 2.53. The SMILES string of the molecule is CC1CSSCC1[OH2+]. The van der Waals surface area contributed by atoms with Gasteiger partial charge >= 0.3 is 0 Å². The largest absolute Gasteiger partial charge is 0.442 e. The summed E-state index contributed by atoms with van der Waals surface area (Å²) in [7, 11) is 3.74. The van der Waals surface area contributed by atoms with Crippen LogP contribution in [0.5, 0.6) is 0 Å². The van der Waals surface area contributed by atoms with Crippen LogP contribution >= 0.6 is 21.6 Å². The molecule has 1 aliphatic rings. The van der Waals surface area contributed by atoms with E-state index in [1.807, 2.05) is 21.6 Å². The summed E-state index contributed by atoms with van der Waals surface area (Å²) in [6.07, 6.45) is 0.196. The Labute approximate surface area is 57.6 Å². The summed E-state index contributed by atoms with van der Waals surface area (Å²) in [5.41, 5.74) is 0. The topological polar surface area (TPSA) is 22.9 Å². The fourth-order valence-corrected chi connectivity index (χ4v) is 3.33. The Morgan fingerprint density at radius 1 is 1.38 bits per heavy atom. The van der Waals surface area contributed by atoms with E-state index in [9.17, 15) is 0 Å². The van der Waals surface area contributed by atoms with E-state index in [4.69, 9.17) is 5.11 Å². The molecule has 1 aliphatic heterocycles. The van der Waals surface area contributed by atoms with Crippen LogP contribution in [-0.4, -0.2) is 22.7 Å². The van der Waals surface area contributed by atoms with Crippen LogP contribution < -0.4 is 0 Å². The number of hydrogen-bond acceptors (Lipinski definition) is 2. The first kappa shape index (κ1) is 6.78. The molecule has 2 unspecified atom stereocenters. The van der Waals surface area contributed by atoms with Gasteiger partial charge in [0, 0.05) is 11.7 Å². The zero-order valence-electron chi connectivity index (χ0n) is 4.89. The molecule has 2 atom stereocenters. The lowest BCUT2D eigenvalue weighted by Gasteiger charge is -2.18. The first-order valence-electron chi connectivity index (χ1n) is 2.76. The van der Waals surface area contributed by atoms with Gasteiger partial charge in [-0.05, 0) is 0 Å². The molecule has 1 rings (SSSR count). The molecule has 3 heteroatoms. The second-order valence-corrected chi connectivity index (χ2v) is 4.71. The molecule has 0 aromatic heterocycles. The van der Waals surface area contributed by atoms with Crippen molar-refractivity contribution in [3.63, 3.8) is 0 Å². The van der Waals surface area contributed by atoms with E-state index in [0.717, 1.165) is 5.75 Å². The highest BCUT2D eigenvalue weighted by molar-refractivity contribution is 8.76. The molecule has 1 saturated heterocycles. The summed E-state index contributed by atoms with van der Waals surface area (Å²) in [4.78, 5) is 0. The minimum atomic E-state index is 0.196. The fourth-order valence-electron chi connectivity index (χ4n) is 0.557. The Morgan fingerprint density at radius 3 is 2.38 bits per heavy atom. The van der Waals surface area contributed by atoms with Crippen LogP contribution in [0.2, 0.25) is 0 Å². The van der Waals surface area contributed by atoms with Crippen molar-refractivity contribution in [3.8, 4) is 0 Å². The van der Waals surface area contributed by atoms with Gasteiger partial charge in [-0.15, -0.1) is 0 Å². The highest BCUT2D eigenvalue weighted by atomic mass is 33.1. The molecule has 0 amide bonds. The van der Waals surface area contributed by atoms with Crippen molar-refractivity contribution in [1.29, 1.82) is 0 Å². The van der Waals surface area contributed by atoms with E-state index in [2.05, 4.69) is 6.92 Å². The zero-order valence-corrected chi connectivity index (χ0v) is 6.52. The lowest BCUT2D eigenvalue weighted by molar-refractivity contribution is 0.150. The van der Waals surface area contributed by atoms with Gasteiger partial charge in [0.25, 0.3) is 0 Å². The maximum absolute atomic E-state index is 7.44. The molecule has 0 saturated carbocycles. The molecule has 0 radical (unpaired) electrons. The predicted molar refractivity (Wildman–Crippen MR) is 41.5 cm³/mol. The van der Waals surface area contributed by atoms with Gasteiger partial charge in [0.2, 0.25) is 0 Å². The lowest BCUT2D eigenvalue weighted by atomic mass is 10.1. The lowest BCUT2D eigenvalue weighted by Crippen LogP contribution is -2.24. The molecule has 0 aromatic rings. The predicted octanol–water partition coefficient (Wildman–Crippen LogP) is 1.11. The molecule has 1 fully saturated rings. The molecular weight excluding hydrogens is 140 g/mol. The second-order valence-electron chi connectivity index (χ2n) is 2.15. The van der Waals surface area contributed by atoms with E-state index in [1.54, 1.807) is 0 Å². The van der Waals surface area contributed by atoms with Gasteiger partial charge in [-0.3, -0.25) is 0 Å². The maximum Gasteiger partial charge on any atom is 0.167 e. The summed E-state index contributed by atoms with van der Waals surface area (Å²) < 4.78 is 0. The van der Waals surface area contributed by atoms with E-state index >= 15 is 0 Å². The minimum Gasteiger partial charge on any atom is -0.442 e. The molecule has 1 nitrogen and oxygen atoms in total. The molecule has 1 heterocycles. The first-order chi connectivity index (χ1) is 3.80. The van der Waals surface area contributed by atoms with Crippen LogP contribution in [0.15, 0.2) is 0 Å². The van der Waals surface area contributed by atoms with Gasteiger partial charge in [-0.2, -0.15) is 0 Å². The Balaban J connectivity index is 2.28. The van der Waals surface area contributed by atoms with Crippen molar-refractivity contribution in [2.24, 2.45) is 5.92 Å². The highest BCUT2D eigenvalue weighted by Crippen LogP contribution is 2.32. The monoisotopic (exact) mass is 151 g/mol. The molecule has 2 N–H and O–H groups in total. The smallest absolute Gasteiger partial charge is 0.167 e. The van der Waals surface area contributed by atoms with Crippen LogP contribution in [0.1, 0.15) is 6.92 Å². The molecule has 48 valence electrons. The van der Waals surface area contributed by atoms with E-state index in [0.29, 0.717) is 5.92 Å².